The van der Waals surface area contributed by atoms with E-state index in [0.29, 0.717) is 0 Å². The number of halogens is 4. The van der Waals surface area contributed by atoms with Crippen LogP contribution in [0.15, 0.2) is 10.7 Å². The Kier molecular flexibility index (Phi) is 4.61. The molecule has 3 nitrogen and oxygen atoms in total. The number of nitrogens with zero attached hydrogens (tertiary/aromatic N) is 1. The van der Waals surface area contributed by atoms with Gasteiger partial charge in [-0.25, -0.2) is 13.8 Å². The minimum Gasteiger partial charge on any atom is -0.469 e. The minimum atomic E-state index is -2.68. The van der Waals surface area contributed by atoms with Crippen LogP contribution in [0.2, 0.25) is 5.15 Å². The lowest BCUT2D eigenvalue weighted by molar-refractivity contribution is -0.139. The van der Waals surface area contributed by atoms with Crippen LogP contribution in [0.4, 0.5) is 8.78 Å². The first-order valence-electron chi connectivity index (χ1n) is 4.15. The number of carbonyl (C=O) groups excluding carboxylic acids is 1. The molecule has 1 aromatic rings. The summed E-state index contributed by atoms with van der Waals surface area (Å²) in [5.41, 5.74) is -0.0877. The van der Waals surface area contributed by atoms with Crippen molar-refractivity contribution in [3.63, 3.8) is 0 Å². The van der Waals surface area contributed by atoms with Crippen molar-refractivity contribution in [3.8, 4) is 0 Å². The molecule has 16 heavy (non-hydrogen) atoms. The van der Waals surface area contributed by atoms with Gasteiger partial charge in [-0.05, 0) is 22.0 Å². The second kappa shape index (κ2) is 5.54. The van der Waals surface area contributed by atoms with Gasteiger partial charge in [-0.15, -0.1) is 0 Å². The largest absolute Gasteiger partial charge is 0.469 e. The summed E-state index contributed by atoms with van der Waals surface area (Å²) < 4.78 is 29.4. The molecule has 0 fully saturated rings. The molecule has 88 valence electrons. The van der Waals surface area contributed by atoms with E-state index in [9.17, 15) is 13.6 Å². The molecule has 1 heterocycles. The van der Waals surface area contributed by atoms with Crippen LogP contribution in [0.3, 0.4) is 0 Å². The monoisotopic (exact) mass is 313 g/mol. The van der Waals surface area contributed by atoms with E-state index >= 15 is 0 Å². The third kappa shape index (κ3) is 3.12. The Bertz CT molecular complexity index is 415. The molecule has 1 rings (SSSR count). The van der Waals surface area contributed by atoms with Gasteiger partial charge in [-0.3, -0.25) is 4.79 Å². The Labute approximate surface area is 104 Å². The first kappa shape index (κ1) is 13.3. The molecule has 0 bridgehead atoms. The first-order valence-corrected chi connectivity index (χ1v) is 5.32. The predicted octanol–water partition coefficient (Wildman–Crippen LogP) is 3.15. The van der Waals surface area contributed by atoms with Gasteiger partial charge in [0.2, 0.25) is 0 Å². The second-order valence-corrected chi connectivity index (χ2v) is 3.98. The maximum absolute atomic E-state index is 12.5. The molecule has 0 aliphatic rings. The minimum absolute atomic E-state index is 0.00155. The van der Waals surface area contributed by atoms with Gasteiger partial charge in [0.1, 0.15) is 9.76 Å². The zero-order valence-corrected chi connectivity index (χ0v) is 10.5. The van der Waals surface area contributed by atoms with Crippen molar-refractivity contribution in [1.82, 2.24) is 4.98 Å². The van der Waals surface area contributed by atoms with Crippen molar-refractivity contribution in [2.24, 2.45) is 0 Å². The molecule has 0 saturated carbocycles. The molecule has 1 aromatic heterocycles. The fraction of sp³-hybridized carbons (Fsp3) is 0.333. The topological polar surface area (TPSA) is 39.2 Å². The Morgan fingerprint density at radius 1 is 1.69 bits per heavy atom. The van der Waals surface area contributed by atoms with Gasteiger partial charge in [-0.1, -0.05) is 11.6 Å². The Balaban J connectivity index is 3.09. The third-order valence-electron chi connectivity index (χ3n) is 1.83. The van der Waals surface area contributed by atoms with Gasteiger partial charge in [0, 0.05) is 5.56 Å². The third-order valence-corrected chi connectivity index (χ3v) is 2.79. The van der Waals surface area contributed by atoms with Gasteiger partial charge in [-0.2, -0.15) is 0 Å². The van der Waals surface area contributed by atoms with Gasteiger partial charge in [0.05, 0.1) is 19.1 Å². The molecule has 7 heteroatoms. The van der Waals surface area contributed by atoms with Crippen LogP contribution >= 0.6 is 27.5 Å². The van der Waals surface area contributed by atoms with Crippen LogP contribution in [0, 0.1) is 0 Å². The highest BCUT2D eigenvalue weighted by Gasteiger charge is 2.17. The number of methoxy groups -OCH3 is 1. The second-order valence-electron chi connectivity index (χ2n) is 2.87. The molecule has 0 unspecified atom stereocenters. The van der Waals surface area contributed by atoms with Crippen LogP contribution in [0.25, 0.3) is 0 Å². The summed E-state index contributed by atoms with van der Waals surface area (Å²) in [5.74, 6) is -0.564. The maximum atomic E-state index is 12.5. The Hall–Kier alpha value is -0.750. The average Bonchev–Trinajstić information content (AvgIpc) is 2.21. The number of ether oxygens (including phenoxy) is 1. The standard InChI is InChI=1S/C9H7BrClF2NO2/c1-16-6(15)3-4-2-5(9(12)13)7(10)14-8(4)11/h2,9H,3H2,1H3. The van der Waals surface area contributed by atoms with E-state index in [0.717, 1.165) is 6.07 Å². The van der Waals surface area contributed by atoms with Gasteiger partial charge in [0.25, 0.3) is 6.43 Å². The van der Waals surface area contributed by atoms with Crippen molar-refractivity contribution in [2.45, 2.75) is 12.8 Å². The van der Waals surface area contributed by atoms with E-state index < -0.39 is 12.4 Å². The molecular formula is C9H7BrClF2NO2. The van der Waals surface area contributed by atoms with Crippen LogP contribution in [0.5, 0.6) is 0 Å². The number of pyridine rings is 1. The van der Waals surface area contributed by atoms with Gasteiger partial charge >= 0.3 is 5.97 Å². The van der Waals surface area contributed by atoms with Gasteiger partial charge < -0.3 is 4.74 Å². The summed E-state index contributed by atoms with van der Waals surface area (Å²) in [6.07, 6.45) is -2.87. The molecule has 0 radical (unpaired) electrons. The number of hydrogen-bond acceptors (Lipinski definition) is 3. The fourth-order valence-electron chi connectivity index (χ4n) is 1.03. The molecule has 0 aliphatic carbocycles. The quantitative estimate of drug-likeness (QED) is 0.635. The lowest BCUT2D eigenvalue weighted by Crippen LogP contribution is -2.06. The molecule has 0 atom stereocenters. The molecule has 0 N–H and O–H groups in total. The Morgan fingerprint density at radius 2 is 2.31 bits per heavy atom. The molecular weight excluding hydrogens is 307 g/mol. The maximum Gasteiger partial charge on any atom is 0.310 e. The summed E-state index contributed by atoms with van der Waals surface area (Å²) in [5, 5.41) is 0.00155. The summed E-state index contributed by atoms with van der Waals surface area (Å²) >= 11 is 8.59. The molecule has 0 spiro atoms. The molecule has 0 aromatic carbocycles. The lowest BCUT2D eigenvalue weighted by atomic mass is 10.1. The van der Waals surface area contributed by atoms with E-state index in [1.165, 1.54) is 7.11 Å². The van der Waals surface area contributed by atoms with Crippen molar-refractivity contribution in [3.05, 3.63) is 26.9 Å². The highest BCUT2D eigenvalue weighted by molar-refractivity contribution is 9.10. The van der Waals surface area contributed by atoms with E-state index in [-0.39, 0.29) is 27.3 Å². The van der Waals surface area contributed by atoms with Crippen LogP contribution in [0.1, 0.15) is 17.6 Å². The highest BCUT2D eigenvalue weighted by atomic mass is 79.9. The predicted molar refractivity (Wildman–Crippen MR) is 57.6 cm³/mol. The lowest BCUT2D eigenvalue weighted by Gasteiger charge is -2.07. The highest BCUT2D eigenvalue weighted by Crippen LogP contribution is 2.29. The van der Waals surface area contributed by atoms with Gasteiger partial charge in [0.15, 0.2) is 0 Å². The van der Waals surface area contributed by atoms with Crippen LogP contribution < -0.4 is 0 Å². The smallest absolute Gasteiger partial charge is 0.310 e. The summed E-state index contributed by atoms with van der Waals surface area (Å²) in [6.45, 7) is 0. The number of aromatic nitrogens is 1. The molecule has 0 aliphatic heterocycles. The first-order chi connectivity index (χ1) is 7.45. The normalized spacial score (nSPS) is 10.6. The van der Waals surface area contributed by atoms with E-state index in [1.54, 1.807) is 0 Å². The zero-order valence-electron chi connectivity index (χ0n) is 8.14. The van der Waals surface area contributed by atoms with E-state index in [4.69, 9.17) is 11.6 Å². The van der Waals surface area contributed by atoms with E-state index in [2.05, 4.69) is 25.7 Å². The number of rotatable bonds is 3. The SMILES string of the molecule is COC(=O)Cc1cc(C(F)F)c(Br)nc1Cl. The average molecular weight is 315 g/mol. The number of alkyl halides is 2. The number of carbonyl (C=O) groups is 1. The van der Waals surface area contributed by atoms with Crippen molar-refractivity contribution < 1.29 is 18.3 Å². The summed E-state index contributed by atoms with van der Waals surface area (Å²) in [7, 11) is 1.20. The van der Waals surface area contributed by atoms with Crippen LogP contribution in [-0.2, 0) is 16.0 Å². The van der Waals surface area contributed by atoms with Crippen molar-refractivity contribution in [2.75, 3.05) is 7.11 Å². The number of esters is 1. The van der Waals surface area contributed by atoms with Crippen molar-refractivity contribution in [1.29, 1.82) is 0 Å². The van der Waals surface area contributed by atoms with E-state index in [1.807, 2.05) is 0 Å². The zero-order chi connectivity index (χ0) is 12.3. The fourth-order valence-corrected chi connectivity index (χ4v) is 1.81. The molecule has 0 saturated heterocycles. The molecule has 0 amide bonds. The summed E-state index contributed by atoms with van der Waals surface area (Å²) in [6, 6.07) is 1.14. The van der Waals surface area contributed by atoms with Crippen molar-refractivity contribution >= 4 is 33.5 Å². The Morgan fingerprint density at radius 3 is 2.81 bits per heavy atom. The summed E-state index contributed by atoms with van der Waals surface area (Å²) in [4.78, 5) is 14.7. The number of hydrogen-bond donors (Lipinski definition) is 0. The van der Waals surface area contributed by atoms with Crippen LogP contribution in [-0.4, -0.2) is 18.1 Å².